The Kier molecular flexibility index (Phi) is 4.68. The highest BCUT2D eigenvalue weighted by Gasteiger charge is 2.30. The maximum absolute atomic E-state index is 12.6. The smallest absolute Gasteiger partial charge is 0.342 e. The Morgan fingerprint density at radius 1 is 1.25 bits per heavy atom. The molecule has 0 saturated heterocycles. The molecule has 1 aromatic heterocycles. The number of aryl methyl sites for hydroxylation is 1. The minimum Gasteiger partial charge on any atom is -0.481 e. The monoisotopic (exact) mass is 383 g/mol. The lowest BCUT2D eigenvalue weighted by molar-refractivity contribution is -0.137. The zero-order valence-corrected chi connectivity index (χ0v) is 15.8. The molecule has 7 heteroatoms. The Morgan fingerprint density at radius 2 is 2.00 bits per heavy atom. The molecule has 0 aliphatic carbocycles. The molecule has 3 aromatic rings. The van der Waals surface area contributed by atoms with E-state index in [0.717, 1.165) is 16.3 Å². The van der Waals surface area contributed by atoms with Gasteiger partial charge >= 0.3 is 11.9 Å². The number of carboxylic acid groups (broad SMARTS) is 1. The highest BCUT2D eigenvalue weighted by atomic mass is 16.5. The van der Waals surface area contributed by atoms with Gasteiger partial charge in [0.05, 0.1) is 13.0 Å². The molecule has 0 atom stereocenters. The van der Waals surface area contributed by atoms with E-state index in [4.69, 9.17) is 19.0 Å². The van der Waals surface area contributed by atoms with E-state index in [9.17, 15) is 9.59 Å². The molecular weight excluding hydrogens is 362 g/mol. The number of rotatable bonds is 5. The number of carbonyl (C=O) groups is 2. The molecule has 2 aromatic carbocycles. The number of esters is 1. The van der Waals surface area contributed by atoms with Gasteiger partial charge in [0.2, 0.25) is 0 Å². The highest BCUT2D eigenvalue weighted by Crippen LogP contribution is 2.44. The number of carbonyl (C=O) groups excluding carboxylic acids is 1. The molecule has 146 valence electrons. The summed E-state index contributed by atoms with van der Waals surface area (Å²) in [5.41, 5.74) is 1.85. The first-order chi connectivity index (χ1) is 13.5. The van der Waals surface area contributed by atoms with Gasteiger partial charge in [-0.25, -0.2) is 4.79 Å². The third kappa shape index (κ3) is 2.97. The van der Waals surface area contributed by atoms with Crippen LogP contribution in [0.25, 0.3) is 21.7 Å². The Bertz CT molecular complexity index is 1080. The van der Waals surface area contributed by atoms with Crippen molar-refractivity contribution in [3.8, 4) is 5.75 Å². The molecule has 1 aliphatic heterocycles. The zero-order valence-electron chi connectivity index (χ0n) is 15.8. The Hall–Kier alpha value is -3.06. The van der Waals surface area contributed by atoms with E-state index in [2.05, 4.69) is 0 Å². The quantitative estimate of drug-likeness (QED) is 0.672. The minimum atomic E-state index is -0.860. The molecule has 7 nitrogen and oxygen atoms in total. The van der Waals surface area contributed by atoms with Gasteiger partial charge in [-0.3, -0.25) is 9.69 Å². The Labute approximate surface area is 161 Å². The summed E-state index contributed by atoms with van der Waals surface area (Å²) in [5.74, 6) is -0.0876. The van der Waals surface area contributed by atoms with E-state index in [0.29, 0.717) is 47.9 Å². The van der Waals surface area contributed by atoms with Gasteiger partial charge in [-0.2, -0.15) is 0 Å². The van der Waals surface area contributed by atoms with Gasteiger partial charge in [-0.1, -0.05) is 24.3 Å². The summed E-state index contributed by atoms with van der Waals surface area (Å²) in [4.78, 5) is 25.5. The lowest BCUT2D eigenvalue weighted by Gasteiger charge is -2.30. The summed E-state index contributed by atoms with van der Waals surface area (Å²) in [6.07, 6.45) is 0.0184. The van der Waals surface area contributed by atoms with Crippen LogP contribution in [-0.2, 0) is 16.1 Å². The minimum absolute atomic E-state index is 0.0184. The number of hydrogen-bond acceptors (Lipinski definition) is 6. The molecular formula is C21H21NO6. The number of fused-ring (bicyclic) bond motifs is 6. The second-order valence-electron chi connectivity index (χ2n) is 6.78. The molecule has 0 spiro atoms. The van der Waals surface area contributed by atoms with Crippen LogP contribution < -0.4 is 4.74 Å². The van der Waals surface area contributed by atoms with Crippen molar-refractivity contribution in [1.82, 2.24) is 4.90 Å². The summed E-state index contributed by atoms with van der Waals surface area (Å²) in [5, 5.41) is 11.5. The van der Waals surface area contributed by atoms with Gasteiger partial charge in [0.1, 0.15) is 29.4 Å². The first-order valence-electron chi connectivity index (χ1n) is 9.22. The van der Waals surface area contributed by atoms with Crippen molar-refractivity contribution in [3.05, 3.63) is 41.2 Å². The fourth-order valence-corrected chi connectivity index (χ4v) is 3.76. The largest absolute Gasteiger partial charge is 0.481 e. The van der Waals surface area contributed by atoms with Crippen LogP contribution in [0.1, 0.15) is 35.0 Å². The van der Waals surface area contributed by atoms with Gasteiger partial charge in [0, 0.05) is 34.8 Å². The highest BCUT2D eigenvalue weighted by molar-refractivity contribution is 6.16. The maximum atomic E-state index is 12.6. The van der Waals surface area contributed by atoms with Crippen LogP contribution in [0.4, 0.5) is 0 Å². The van der Waals surface area contributed by atoms with Crippen molar-refractivity contribution >= 4 is 33.7 Å². The Morgan fingerprint density at radius 3 is 2.71 bits per heavy atom. The molecule has 0 fully saturated rings. The molecule has 0 bridgehead atoms. The first-order valence-corrected chi connectivity index (χ1v) is 9.22. The molecule has 28 heavy (non-hydrogen) atoms. The third-order valence-electron chi connectivity index (χ3n) is 4.97. The van der Waals surface area contributed by atoms with Crippen molar-refractivity contribution in [3.63, 3.8) is 0 Å². The molecule has 1 N–H and O–H groups in total. The molecule has 0 saturated carbocycles. The average molecular weight is 383 g/mol. The predicted molar refractivity (Wildman–Crippen MR) is 103 cm³/mol. The van der Waals surface area contributed by atoms with Crippen LogP contribution in [0, 0.1) is 6.92 Å². The fourth-order valence-electron chi connectivity index (χ4n) is 3.76. The van der Waals surface area contributed by atoms with Crippen molar-refractivity contribution in [2.24, 2.45) is 0 Å². The van der Waals surface area contributed by atoms with Gasteiger partial charge in [-0.05, 0) is 13.8 Å². The average Bonchev–Trinajstić information content (AvgIpc) is 3.04. The number of aliphatic carboxylic acids is 1. The number of hydrogen-bond donors (Lipinski definition) is 1. The number of benzene rings is 2. The van der Waals surface area contributed by atoms with Crippen LogP contribution in [0.3, 0.4) is 0 Å². The molecule has 2 heterocycles. The second-order valence-corrected chi connectivity index (χ2v) is 6.78. The summed E-state index contributed by atoms with van der Waals surface area (Å²) < 4.78 is 17.3. The van der Waals surface area contributed by atoms with Crippen molar-refractivity contribution in [2.75, 3.05) is 19.9 Å². The topological polar surface area (TPSA) is 89.2 Å². The summed E-state index contributed by atoms with van der Waals surface area (Å²) in [6, 6.07) is 7.74. The second kappa shape index (κ2) is 7.16. The first kappa shape index (κ1) is 18.3. The normalized spacial score (nSPS) is 14.1. The molecule has 4 rings (SSSR count). The molecule has 0 amide bonds. The van der Waals surface area contributed by atoms with E-state index >= 15 is 0 Å². The molecule has 0 radical (unpaired) electrons. The van der Waals surface area contributed by atoms with Crippen molar-refractivity contribution in [2.45, 2.75) is 26.8 Å². The van der Waals surface area contributed by atoms with Crippen LogP contribution in [0.2, 0.25) is 0 Å². The van der Waals surface area contributed by atoms with Crippen LogP contribution >= 0.6 is 0 Å². The van der Waals surface area contributed by atoms with Crippen LogP contribution in [0.15, 0.2) is 28.7 Å². The van der Waals surface area contributed by atoms with Crippen molar-refractivity contribution in [1.29, 1.82) is 0 Å². The van der Waals surface area contributed by atoms with E-state index in [-0.39, 0.29) is 13.0 Å². The number of furan rings is 1. The van der Waals surface area contributed by atoms with Crippen LogP contribution in [-0.4, -0.2) is 41.8 Å². The summed E-state index contributed by atoms with van der Waals surface area (Å²) >= 11 is 0. The summed E-state index contributed by atoms with van der Waals surface area (Å²) in [7, 11) is 0. The van der Waals surface area contributed by atoms with E-state index in [1.165, 1.54) is 0 Å². The van der Waals surface area contributed by atoms with Gasteiger partial charge < -0.3 is 19.0 Å². The Balaban J connectivity index is 1.94. The lowest BCUT2D eigenvalue weighted by Crippen LogP contribution is -2.34. The standard InChI is InChI=1S/C21H21NO6/c1-3-26-21(25)17-12(2)28-20-14-7-5-4-6-13(14)19-15(18(17)20)10-22(11-27-19)9-8-16(23)24/h4-7H,3,8-11H2,1-2H3,(H,23,24). The SMILES string of the molecule is CCOC(=O)c1c(C)oc2c1c1c(c3ccccc32)OCN(CCC(=O)O)C1. The van der Waals surface area contributed by atoms with E-state index in [1.807, 2.05) is 29.2 Å². The van der Waals surface area contributed by atoms with Gasteiger partial charge in [0.25, 0.3) is 0 Å². The zero-order chi connectivity index (χ0) is 19.8. The van der Waals surface area contributed by atoms with E-state index in [1.54, 1.807) is 13.8 Å². The fraction of sp³-hybridized carbons (Fsp3) is 0.333. The predicted octanol–water partition coefficient (Wildman–Crippen LogP) is 3.70. The lowest BCUT2D eigenvalue weighted by atomic mass is 9.96. The number of ether oxygens (including phenoxy) is 2. The number of carboxylic acids is 1. The van der Waals surface area contributed by atoms with Gasteiger partial charge in [0.15, 0.2) is 0 Å². The molecule has 1 aliphatic rings. The van der Waals surface area contributed by atoms with Crippen molar-refractivity contribution < 1.29 is 28.6 Å². The maximum Gasteiger partial charge on any atom is 0.342 e. The van der Waals surface area contributed by atoms with Gasteiger partial charge in [-0.15, -0.1) is 0 Å². The third-order valence-corrected chi connectivity index (χ3v) is 4.97. The van der Waals surface area contributed by atoms with E-state index < -0.39 is 11.9 Å². The summed E-state index contributed by atoms with van der Waals surface area (Å²) in [6.45, 7) is 4.89. The molecule has 0 unspecified atom stereocenters. The number of nitrogens with zero attached hydrogens (tertiary/aromatic N) is 1. The van der Waals surface area contributed by atoms with Crippen LogP contribution in [0.5, 0.6) is 5.75 Å².